The summed E-state index contributed by atoms with van der Waals surface area (Å²) < 4.78 is 7.63. The molecule has 0 aliphatic heterocycles. The van der Waals surface area contributed by atoms with E-state index < -0.39 is 0 Å². The van der Waals surface area contributed by atoms with Gasteiger partial charge in [0, 0.05) is 6.92 Å². The van der Waals surface area contributed by atoms with Gasteiger partial charge in [0.15, 0.2) is 5.69 Å². The molecular weight excluding hydrogens is 310 g/mol. The van der Waals surface area contributed by atoms with E-state index in [1.807, 2.05) is 91.9 Å². The van der Waals surface area contributed by atoms with Gasteiger partial charge in [-0.2, -0.15) is 0 Å². The highest BCUT2D eigenvalue weighted by Gasteiger charge is 2.13. The summed E-state index contributed by atoms with van der Waals surface area (Å²) in [5, 5.41) is 8.70. The van der Waals surface area contributed by atoms with E-state index >= 15 is 0 Å². The van der Waals surface area contributed by atoms with E-state index in [0.717, 1.165) is 17.1 Å². The lowest BCUT2D eigenvalue weighted by Gasteiger charge is -2.06. The van der Waals surface area contributed by atoms with Crippen LogP contribution in [0.4, 0.5) is 11.4 Å². The van der Waals surface area contributed by atoms with Crippen molar-refractivity contribution >= 4 is 17.3 Å². The minimum atomic E-state index is 0.620. The highest BCUT2D eigenvalue weighted by atomic mass is 16.5. The molecule has 0 unspecified atom stereocenters. The van der Waals surface area contributed by atoms with E-state index in [2.05, 4.69) is 17.3 Å². The smallest absolute Gasteiger partial charge is 0.287 e. The lowest BCUT2D eigenvalue weighted by Crippen LogP contribution is -2.15. The van der Waals surface area contributed by atoms with Crippen LogP contribution in [0.25, 0.3) is 0 Å². The van der Waals surface area contributed by atoms with Crippen molar-refractivity contribution in [3.8, 4) is 5.75 Å². The molecule has 0 heterocycles. The number of ether oxygens (including phenoxy) is 1. The van der Waals surface area contributed by atoms with Crippen molar-refractivity contribution in [1.29, 1.82) is 0 Å². The molecule has 124 valence electrons. The first kappa shape index (κ1) is 16.6. The summed E-state index contributed by atoms with van der Waals surface area (Å²) in [5.41, 5.74) is 2.86. The maximum absolute atomic E-state index is 5.94. The van der Waals surface area contributed by atoms with Crippen LogP contribution in [0.15, 0.2) is 95.3 Å². The Bertz CT molecular complexity index is 870. The molecule has 0 saturated carbocycles. The maximum atomic E-state index is 5.94. The Morgan fingerprint density at radius 2 is 1.40 bits per heavy atom. The molecule has 3 rings (SSSR count). The van der Waals surface area contributed by atoms with Crippen LogP contribution in [0.2, 0.25) is 0 Å². The molecular formula is C21H20N3O+. The summed E-state index contributed by atoms with van der Waals surface area (Å²) in [6.07, 6.45) is 0. The summed E-state index contributed by atoms with van der Waals surface area (Å²) in [4.78, 5) is 0. The van der Waals surface area contributed by atoms with Crippen LogP contribution in [-0.2, 0) is 0 Å². The van der Waals surface area contributed by atoms with Crippen LogP contribution >= 0.6 is 0 Å². The minimum absolute atomic E-state index is 0.620. The zero-order valence-corrected chi connectivity index (χ0v) is 14.3. The molecule has 0 aliphatic carbocycles. The topological polar surface area (TPSA) is 37.0 Å². The molecule has 25 heavy (non-hydrogen) atoms. The first-order valence-electron chi connectivity index (χ1n) is 8.12. The minimum Gasteiger partial charge on any atom is -0.425 e. The van der Waals surface area contributed by atoms with Crippen LogP contribution in [0.3, 0.4) is 0 Å². The molecule has 0 atom stereocenters. The second-order valence-corrected chi connectivity index (χ2v) is 5.61. The van der Waals surface area contributed by atoms with Gasteiger partial charge in [-0.25, -0.2) is 0 Å². The Hall–Kier alpha value is -3.27. The highest BCUT2D eigenvalue weighted by molar-refractivity contribution is 5.72. The standard InChI is InChI=1S/C21H20N3O/c1-17-13-15-20(16-14-17)24(23-22-19-9-5-3-6-10-19)18(2)25-21-11-7-4-8-12-21/h3-16H,1-2H3/q+1. The predicted octanol–water partition coefficient (Wildman–Crippen LogP) is 5.84. The first-order valence-corrected chi connectivity index (χ1v) is 8.12. The third kappa shape index (κ3) is 4.61. The predicted molar refractivity (Wildman–Crippen MR) is 99.8 cm³/mol. The van der Waals surface area contributed by atoms with Crippen LogP contribution in [0.1, 0.15) is 12.5 Å². The number of rotatable bonds is 4. The third-order valence-electron chi connectivity index (χ3n) is 3.59. The van der Waals surface area contributed by atoms with Gasteiger partial charge in [-0.3, -0.25) is 0 Å². The number of hydrogen-bond acceptors (Lipinski definition) is 3. The van der Waals surface area contributed by atoms with Gasteiger partial charge in [0.2, 0.25) is 5.69 Å². The molecule has 4 nitrogen and oxygen atoms in total. The SMILES string of the molecule is CC(Oc1ccccc1)=[N+](N=Nc1ccccc1)c1ccc(C)cc1. The van der Waals surface area contributed by atoms with Gasteiger partial charge < -0.3 is 4.74 Å². The number of para-hydroxylation sites is 1. The summed E-state index contributed by atoms with van der Waals surface area (Å²) >= 11 is 0. The lowest BCUT2D eigenvalue weighted by molar-refractivity contribution is -0.463. The molecule has 3 aromatic carbocycles. The zero-order chi connectivity index (χ0) is 17.5. The molecule has 0 amide bonds. The van der Waals surface area contributed by atoms with E-state index in [0.29, 0.717) is 5.90 Å². The van der Waals surface area contributed by atoms with Crippen molar-refractivity contribution in [2.24, 2.45) is 10.3 Å². The maximum Gasteiger partial charge on any atom is 0.287 e. The van der Waals surface area contributed by atoms with Crippen LogP contribution in [-0.4, -0.2) is 10.6 Å². The number of aryl methyl sites for hydroxylation is 1. The molecule has 0 bridgehead atoms. The molecule has 0 aromatic heterocycles. The zero-order valence-electron chi connectivity index (χ0n) is 14.3. The summed E-state index contributed by atoms with van der Waals surface area (Å²) in [7, 11) is 0. The van der Waals surface area contributed by atoms with Crippen molar-refractivity contribution in [3.05, 3.63) is 90.5 Å². The van der Waals surface area contributed by atoms with Crippen molar-refractivity contribution in [2.45, 2.75) is 13.8 Å². The average molecular weight is 330 g/mol. The van der Waals surface area contributed by atoms with Gasteiger partial charge in [-0.1, -0.05) is 58.8 Å². The van der Waals surface area contributed by atoms with Gasteiger partial charge in [0.05, 0.1) is 5.11 Å². The van der Waals surface area contributed by atoms with E-state index in [4.69, 9.17) is 4.74 Å². The van der Waals surface area contributed by atoms with Crippen LogP contribution in [0.5, 0.6) is 5.75 Å². The Morgan fingerprint density at radius 3 is 2.04 bits per heavy atom. The molecule has 0 radical (unpaired) electrons. The van der Waals surface area contributed by atoms with Gasteiger partial charge in [0.25, 0.3) is 5.90 Å². The summed E-state index contributed by atoms with van der Waals surface area (Å²) in [5.74, 6) is 1.38. The van der Waals surface area contributed by atoms with Gasteiger partial charge >= 0.3 is 0 Å². The number of benzene rings is 3. The largest absolute Gasteiger partial charge is 0.425 e. The molecule has 0 fully saturated rings. The van der Waals surface area contributed by atoms with Crippen molar-refractivity contribution < 1.29 is 9.42 Å². The molecule has 0 saturated heterocycles. The lowest BCUT2D eigenvalue weighted by atomic mass is 10.2. The summed E-state index contributed by atoms with van der Waals surface area (Å²) in [6, 6.07) is 27.3. The fourth-order valence-electron chi connectivity index (χ4n) is 2.28. The monoisotopic (exact) mass is 330 g/mol. The van der Waals surface area contributed by atoms with Gasteiger partial charge in [-0.15, -0.1) is 0 Å². The second-order valence-electron chi connectivity index (χ2n) is 5.61. The summed E-state index contributed by atoms with van der Waals surface area (Å²) in [6.45, 7) is 3.92. The fourth-order valence-corrected chi connectivity index (χ4v) is 2.28. The molecule has 0 aliphatic rings. The third-order valence-corrected chi connectivity index (χ3v) is 3.59. The quantitative estimate of drug-likeness (QED) is 0.195. The number of hydrogen-bond donors (Lipinski definition) is 0. The first-order chi connectivity index (χ1) is 12.2. The molecule has 0 N–H and O–H groups in total. The van der Waals surface area contributed by atoms with E-state index in [9.17, 15) is 0 Å². The van der Waals surface area contributed by atoms with Gasteiger partial charge in [0.1, 0.15) is 11.0 Å². The van der Waals surface area contributed by atoms with Crippen molar-refractivity contribution in [1.82, 2.24) is 0 Å². The normalized spacial score (nSPS) is 12.1. The Labute approximate surface area is 147 Å². The Balaban J connectivity index is 1.97. The molecule has 3 aromatic rings. The van der Waals surface area contributed by atoms with E-state index in [1.54, 1.807) is 4.68 Å². The Morgan fingerprint density at radius 1 is 0.800 bits per heavy atom. The van der Waals surface area contributed by atoms with Crippen molar-refractivity contribution in [2.75, 3.05) is 0 Å². The molecule has 0 spiro atoms. The highest BCUT2D eigenvalue weighted by Crippen LogP contribution is 2.18. The van der Waals surface area contributed by atoms with E-state index in [1.165, 1.54) is 5.56 Å². The Kier molecular flexibility index (Phi) is 5.32. The second kappa shape index (κ2) is 8.02. The molecule has 4 heteroatoms. The van der Waals surface area contributed by atoms with Crippen molar-refractivity contribution in [3.63, 3.8) is 0 Å². The van der Waals surface area contributed by atoms with E-state index in [-0.39, 0.29) is 0 Å². The fraction of sp³-hybridized carbons (Fsp3) is 0.0952. The van der Waals surface area contributed by atoms with Gasteiger partial charge in [-0.05, 0) is 43.3 Å². The van der Waals surface area contributed by atoms with Crippen LogP contribution in [0, 0.1) is 6.92 Å². The number of nitrogens with zero attached hydrogens (tertiary/aromatic N) is 3. The average Bonchev–Trinajstić information content (AvgIpc) is 2.65. The van der Waals surface area contributed by atoms with Crippen LogP contribution < -0.4 is 4.74 Å².